The van der Waals surface area contributed by atoms with E-state index in [0.717, 1.165) is 12.8 Å². The largest absolute Gasteiger partial charge is 0.480 e. The Labute approximate surface area is 200 Å². The fourth-order valence-electron chi connectivity index (χ4n) is 1.60. The molecular formula is C20H45N5O9. The van der Waals surface area contributed by atoms with Gasteiger partial charge < -0.3 is 54.2 Å². The van der Waals surface area contributed by atoms with Gasteiger partial charge in [0, 0.05) is 0 Å². The van der Waals surface area contributed by atoms with Gasteiger partial charge in [-0.25, -0.2) is 0 Å². The topological polar surface area (TPSA) is 300 Å². The summed E-state index contributed by atoms with van der Waals surface area (Å²) < 4.78 is 0. The van der Waals surface area contributed by atoms with Crippen molar-refractivity contribution in [2.24, 2.45) is 40.5 Å². The van der Waals surface area contributed by atoms with Crippen molar-refractivity contribution in [3.8, 4) is 0 Å². The molecule has 0 rings (SSSR count). The van der Waals surface area contributed by atoms with Crippen molar-refractivity contribution in [1.29, 1.82) is 0 Å². The number of unbranched alkanes of at least 4 members (excludes halogenated alkanes) is 1. The van der Waals surface area contributed by atoms with Crippen molar-refractivity contribution in [2.75, 3.05) is 13.2 Å². The Morgan fingerprint density at radius 2 is 1.09 bits per heavy atom. The smallest absolute Gasteiger partial charge is 0.322 e. The minimum Gasteiger partial charge on any atom is -0.480 e. The summed E-state index contributed by atoms with van der Waals surface area (Å²) in [4.78, 5) is 39.9. The van der Waals surface area contributed by atoms with Crippen molar-refractivity contribution in [2.45, 2.75) is 77.5 Å². The molecule has 204 valence electrons. The molecule has 15 N–H and O–H groups in total. The number of aliphatic hydroxyl groups is 1. The van der Waals surface area contributed by atoms with Crippen LogP contribution in [0.4, 0.5) is 0 Å². The minimum atomic E-state index is -1.18. The zero-order valence-electron chi connectivity index (χ0n) is 20.5. The number of aliphatic carboxylic acids is 4. The van der Waals surface area contributed by atoms with E-state index in [1.807, 2.05) is 13.8 Å². The zero-order chi connectivity index (χ0) is 28.0. The molecule has 0 spiro atoms. The number of carboxylic acids is 4. The molecule has 0 bridgehead atoms. The quantitative estimate of drug-likeness (QED) is 0.135. The highest BCUT2D eigenvalue weighted by Gasteiger charge is 2.14. The van der Waals surface area contributed by atoms with Crippen LogP contribution >= 0.6 is 0 Å². The lowest BCUT2D eigenvalue weighted by Gasteiger charge is -2.07. The molecule has 0 fully saturated rings. The van der Waals surface area contributed by atoms with Crippen molar-refractivity contribution in [3.63, 3.8) is 0 Å². The molecule has 34 heavy (non-hydrogen) atoms. The standard InChI is InChI=1S/C6H14N2O2.C6H13NO2.C5H11NO2.C3H7NO3/c7-4-2-1-3-5(8)6(9)10;1-4(2)3-5(7)6(8)9;1-3(2)4(6)5(7)8;4-2(1-5)3(6)7/h5H,1-4,7-8H2,(H,9,10);4-5H,3,7H2,1-2H3,(H,8,9);3-4H,6H2,1-2H3,(H,7,8);2,5H,1,4H2,(H,6,7). The molecule has 4 atom stereocenters. The second-order valence-corrected chi connectivity index (χ2v) is 8.04. The van der Waals surface area contributed by atoms with E-state index < -0.39 is 54.7 Å². The van der Waals surface area contributed by atoms with E-state index in [1.54, 1.807) is 13.8 Å². The van der Waals surface area contributed by atoms with Gasteiger partial charge in [-0.15, -0.1) is 0 Å². The molecule has 0 aliphatic rings. The molecule has 14 nitrogen and oxygen atoms in total. The predicted octanol–water partition coefficient (Wildman–Crippen LogP) is -1.58. The number of hydrogen-bond acceptors (Lipinski definition) is 10. The third-order valence-corrected chi connectivity index (χ3v) is 3.85. The average Bonchev–Trinajstić information content (AvgIpc) is 2.73. The summed E-state index contributed by atoms with van der Waals surface area (Å²) in [5, 5.41) is 40.8. The van der Waals surface area contributed by atoms with Crippen LogP contribution in [-0.2, 0) is 19.2 Å². The van der Waals surface area contributed by atoms with Crippen LogP contribution < -0.4 is 28.7 Å². The molecule has 0 saturated heterocycles. The van der Waals surface area contributed by atoms with Gasteiger partial charge in [-0.1, -0.05) is 34.1 Å². The third-order valence-electron chi connectivity index (χ3n) is 3.85. The van der Waals surface area contributed by atoms with E-state index >= 15 is 0 Å². The molecule has 0 amide bonds. The highest BCUT2D eigenvalue weighted by molar-refractivity contribution is 5.74. The second-order valence-electron chi connectivity index (χ2n) is 8.04. The maximum Gasteiger partial charge on any atom is 0.322 e. The number of aliphatic hydroxyl groups excluding tert-OH is 1. The van der Waals surface area contributed by atoms with Gasteiger partial charge in [0.05, 0.1) is 6.61 Å². The molecule has 4 unspecified atom stereocenters. The van der Waals surface area contributed by atoms with Crippen molar-refractivity contribution in [3.05, 3.63) is 0 Å². The summed E-state index contributed by atoms with van der Waals surface area (Å²) >= 11 is 0. The molecule has 0 aromatic heterocycles. The third kappa shape index (κ3) is 29.6. The Hall–Kier alpha value is -2.36. The summed E-state index contributed by atoms with van der Waals surface area (Å²) in [6, 6.07) is -3.24. The summed E-state index contributed by atoms with van der Waals surface area (Å²) in [5.41, 5.74) is 25.6. The maximum atomic E-state index is 10.1. The van der Waals surface area contributed by atoms with Crippen molar-refractivity contribution in [1.82, 2.24) is 0 Å². The lowest BCUT2D eigenvalue weighted by Crippen LogP contribution is -2.34. The number of rotatable bonds is 12. The van der Waals surface area contributed by atoms with Gasteiger partial charge in [-0.05, 0) is 37.6 Å². The van der Waals surface area contributed by atoms with Crippen LogP contribution in [0.5, 0.6) is 0 Å². The Balaban J connectivity index is -0.000000178. The molecule has 0 radical (unpaired) electrons. The van der Waals surface area contributed by atoms with E-state index in [1.165, 1.54) is 0 Å². The summed E-state index contributed by atoms with van der Waals surface area (Å²) in [7, 11) is 0. The lowest BCUT2D eigenvalue weighted by atomic mass is 10.1. The fourth-order valence-corrected chi connectivity index (χ4v) is 1.60. The van der Waals surface area contributed by atoms with Crippen LogP contribution in [0.3, 0.4) is 0 Å². The van der Waals surface area contributed by atoms with E-state index in [-0.39, 0.29) is 5.92 Å². The lowest BCUT2D eigenvalue weighted by molar-refractivity contribution is -0.140. The van der Waals surface area contributed by atoms with Crippen LogP contribution in [-0.4, -0.2) is 86.7 Å². The number of carboxylic acid groups (broad SMARTS) is 4. The highest BCUT2D eigenvalue weighted by atomic mass is 16.4. The van der Waals surface area contributed by atoms with Crippen LogP contribution in [0, 0.1) is 11.8 Å². The van der Waals surface area contributed by atoms with E-state index in [0.29, 0.717) is 25.3 Å². The van der Waals surface area contributed by atoms with Crippen LogP contribution in [0.2, 0.25) is 0 Å². The first-order chi connectivity index (χ1) is 15.5. The van der Waals surface area contributed by atoms with Gasteiger partial charge in [-0.3, -0.25) is 19.2 Å². The average molecular weight is 500 g/mol. The number of nitrogens with two attached hydrogens (primary N) is 5. The Bertz CT molecular complexity index is 563. The molecule has 14 heteroatoms. The molecule has 0 aliphatic carbocycles. The van der Waals surface area contributed by atoms with Gasteiger partial charge in [0.1, 0.15) is 24.2 Å². The summed E-state index contributed by atoms with van der Waals surface area (Å²) in [6.45, 7) is 7.55. The first-order valence-corrected chi connectivity index (χ1v) is 10.7. The highest BCUT2D eigenvalue weighted by Crippen LogP contribution is 2.01. The van der Waals surface area contributed by atoms with Crippen molar-refractivity contribution >= 4 is 23.9 Å². The zero-order valence-corrected chi connectivity index (χ0v) is 20.5. The molecule has 0 aliphatic heterocycles. The molecular weight excluding hydrogens is 454 g/mol. The van der Waals surface area contributed by atoms with Gasteiger partial charge in [0.2, 0.25) is 0 Å². The monoisotopic (exact) mass is 499 g/mol. The maximum absolute atomic E-state index is 10.1. The molecule has 0 heterocycles. The van der Waals surface area contributed by atoms with Gasteiger partial charge in [-0.2, -0.15) is 0 Å². The van der Waals surface area contributed by atoms with Gasteiger partial charge in [0.15, 0.2) is 0 Å². The Morgan fingerprint density at radius 1 is 0.676 bits per heavy atom. The normalized spacial score (nSPS) is 13.5. The van der Waals surface area contributed by atoms with E-state index in [4.69, 9.17) is 54.2 Å². The van der Waals surface area contributed by atoms with Gasteiger partial charge >= 0.3 is 23.9 Å². The predicted molar refractivity (Wildman–Crippen MR) is 127 cm³/mol. The number of carbonyl (C=O) groups is 4. The second kappa shape index (κ2) is 23.8. The van der Waals surface area contributed by atoms with Crippen LogP contribution in [0.15, 0.2) is 0 Å². The first kappa shape index (κ1) is 38.9. The molecule has 0 aromatic carbocycles. The fraction of sp³-hybridized carbons (Fsp3) is 0.800. The first-order valence-electron chi connectivity index (χ1n) is 10.7. The minimum absolute atomic E-state index is 0.0208. The Kier molecular flexibility index (Phi) is 27.2. The molecule has 0 aromatic rings. The van der Waals surface area contributed by atoms with Crippen LogP contribution in [0.1, 0.15) is 53.4 Å². The Morgan fingerprint density at radius 3 is 1.24 bits per heavy atom. The SMILES string of the molecule is CC(C)C(N)C(=O)O.CC(C)CC(N)C(=O)O.NC(CO)C(=O)O.NCCCCC(N)C(=O)O. The number of hydrogen-bond donors (Lipinski definition) is 10. The summed E-state index contributed by atoms with van der Waals surface area (Å²) in [5.74, 6) is -3.58. The van der Waals surface area contributed by atoms with Crippen LogP contribution in [0.25, 0.3) is 0 Å². The van der Waals surface area contributed by atoms with Crippen molar-refractivity contribution < 1.29 is 44.7 Å². The van der Waals surface area contributed by atoms with E-state index in [2.05, 4.69) is 0 Å². The van der Waals surface area contributed by atoms with Gasteiger partial charge in [0.25, 0.3) is 0 Å². The summed E-state index contributed by atoms with van der Waals surface area (Å²) in [6.07, 6.45) is 2.72. The molecule has 0 saturated carbocycles. The van der Waals surface area contributed by atoms with E-state index in [9.17, 15) is 19.2 Å².